The zero-order valence-corrected chi connectivity index (χ0v) is 12.0. The third-order valence-electron chi connectivity index (χ3n) is 3.07. The van der Waals surface area contributed by atoms with Gasteiger partial charge in [0.2, 0.25) is 11.7 Å². The smallest absolute Gasteiger partial charge is 0.244 e. The number of nitrogens with zero attached hydrogens (tertiary/aromatic N) is 2. The largest absolute Gasteiger partial charge is 0.337 e. The normalized spacial score (nSPS) is 14.4. The molecule has 0 radical (unpaired) electrons. The molecule has 2 atom stereocenters. The summed E-state index contributed by atoms with van der Waals surface area (Å²) in [5.74, 6) is 1.39. The highest BCUT2D eigenvalue weighted by Crippen LogP contribution is 2.24. The van der Waals surface area contributed by atoms with Crippen LogP contribution in [-0.2, 0) is 0 Å². The molecule has 1 aromatic carbocycles. The molecule has 2 aromatic rings. The first-order valence-electron chi connectivity index (χ1n) is 5.97. The van der Waals surface area contributed by atoms with Gasteiger partial charge >= 0.3 is 0 Å². The Bertz CT molecular complexity index is 526. The Balaban J connectivity index is 2.25. The van der Waals surface area contributed by atoms with Crippen LogP contribution in [0.15, 0.2) is 33.3 Å². The van der Waals surface area contributed by atoms with E-state index < -0.39 is 0 Å². The van der Waals surface area contributed by atoms with E-state index >= 15 is 0 Å². The van der Waals surface area contributed by atoms with Crippen molar-refractivity contribution in [2.75, 3.05) is 0 Å². The van der Waals surface area contributed by atoms with Crippen molar-refractivity contribution in [2.45, 2.75) is 26.3 Å². The molecule has 0 saturated carbocycles. The molecule has 0 fully saturated rings. The summed E-state index contributed by atoms with van der Waals surface area (Å²) in [6.45, 7) is 4.17. The third-order valence-corrected chi connectivity index (χ3v) is 3.56. The molecule has 0 aliphatic heterocycles. The second-order valence-electron chi connectivity index (χ2n) is 4.38. The Kier molecular flexibility index (Phi) is 4.14. The molecule has 0 amide bonds. The molecule has 0 aliphatic carbocycles. The van der Waals surface area contributed by atoms with Crippen LogP contribution in [0.25, 0.3) is 11.4 Å². The molecule has 1 aromatic heterocycles. The van der Waals surface area contributed by atoms with E-state index in [9.17, 15) is 0 Å². The van der Waals surface area contributed by atoms with Crippen LogP contribution in [0.3, 0.4) is 0 Å². The van der Waals surface area contributed by atoms with E-state index in [1.54, 1.807) is 0 Å². The molecule has 5 heteroatoms. The first kappa shape index (κ1) is 13.2. The lowest BCUT2D eigenvalue weighted by Crippen LogP contribution is -2.18. The molecule has 0 unspecified atom stereocenters. The molecule has 0 saturated heterocycles. The van der Waals surface area contributed by atoms with Crippen LogP contribution in [0.5, 0.6) is 0 Å². The monoisotopic (exact) mass is 309 g/mol. The minimum absolute atomic E-state index is 0.205. The van der Waals surface area contributed by atoms with E-state index in [4.69, 9.17) is 10.3 Å². The van der Waals surface area contributed by atoms with E-state index in [0.717, 1.165) is 16.5 Å². The maximum absolute atomic E-state index is 6.06. The molecule has 96 valence electrons. The van der Waals surface area contributed by atoms with Crippen molar-refractivity contribution in [1.82, 2.24) is 10.1 Å². The van der Waals surface area contributed by atoms with Crippen LogP contribution < -0.4 is 5.73 Å². The van der Waals surface area contributed by atoms with Gasteiger partial charge in [0.15, 0.2) is 0 Å². The topological polar surface area (TPSA) is 64.9 Å². The van der Waals surface area contributed by atoms with Crippen molar-refractivity contribution in [1.29, 1.82) is 0 Å². The summed E-state index contributed by atoms with van der Waals surface area (Å²) in [4.78, 5) is 4.37. The molecular formula is C13H16BrN3O. The van der Waals surface area contributed by atoms with Crippen molar-refractivity contribution in [3.8, 4) is 11.4 Å². The van der Waals surface area contributed by atoms with Gasteiger partial charge in [-0.3, -0.25) is 0 Å². The Morgan fingerprint density at radius 2 is 2.22 bits per heavy atom. The molecule has 4 nitrogen and oxygen atoms in total. The van der Waals surface area contributed by atoms with Crippen LogP contribution in [0.1, 0.15) is 32.2 Å². The number of halogens is 1. The zero-order valence-electron chi connectivity index (χ0n) is 10.4. The molecule has 2 N–H and O–H groups in total. The lowest BCUT2D eigenvalue weighted by atomic mass is 10.0. The Morgan fingerprint density at radius 1 is 1.44 bits per heavy atom. The maximum atomic E-state index is 6.06. The number of benzene rings is 1. The van der Waals surface area contributed by atoms with Gasteiger partial charge < -0.3 is 10.3 Å². The van der Waals surface area contributed by atoms with E-state index in [-0.39, 0.29) is 6.04 Å². The summed E-state index contributed by atoms with van der Waals surface area (Å²) >= 11 is 3.42. The fourth-order valence-electron chi connectivity index (χ4n) is 1.61. The Hall–Kier alpha value is -1.20. The van der Waals surface area contributed by atoms with Gasteiger partial charge in [-0.1, -0.05) is 53.5 Å². The van der Waals surface area contributed by atoms with Crippen molar-refractivity contribution >= 4 is 15.9 Å². The van der Waals surface area contributed by atoms with Gasteiger partial charge in [-0.05, 0) is 18.1 Å². The van der Waals surface area contributed by atoms with E-state index in [0.29, 0.717) is 17.6 Å². The molecule has 18 heavy (non-hydrogen) atoms. The number of hydrogen-bond acceptors (Lipinski definition) is 4. The summed E-state index contributed by atoms with van der Waals surface area (Å²) in [5, 5.41) is 3.98. The highest BCUT2D eigenvalue weighted by atomic mass is 79.9. The van der Waals surface area contributed by atoms with Gasteiger partial charge in [-0.15, -0.1) is 0 Å². The Labute approximate surface area is 115 Å². The van der Waals surface area contributed by atoms with Crippen LogP contribution in [0, 0.1) is 5.92 Å². The van der Waals surface area contributed by atoms with Gasteiger partial charge in [0, 0.05) is 10.0 Å². The van der Waals surface area contributed by atoms with Crippen molar-refractivity contribution in [3.63, 3.8) is 0 Å². The van der Waals surface area contributed by atoms with Crippen LogP contribution in [0.2, 0.25) is 0 Å². The Morgan fingerprint density at radius 3 is 2.89 bits per heavy atom. The lowest BCUT2D eigenvalue weighted by Gasteiger charge is -2.12. The number of rotatable bonds is 4. The minimum atomic E-state index is -0.205. The highest BCUT2D eigenvalue weighted by molar-refractivity contribution is 9.10. The van der Waals surface area contributed by atoms with E-state index in [1.165, 1.54) is 0 Å². The van der Waals surface area contributed by atoms with Crippen molar-refractivity contribution in [3.05, 3.63) is 34.6 Å². The standard InChI is InChI=1S/C13H16BrN3O/c1-3-8(2)11(15)13-16-12(17-18-13)9-5-4-6-10(14)7-9/h4-8,11H,3,15H2,1-2H3/t8-,11-/m0/s1. The molecule has 0 spiro atoms. The summed E-state index contributed by atoms with van der Waals surface area (Å²) in [5.41, 5.74) is 6.98. The third kappa shape index (κ3) is 2.79. The predicted molar refractivity (Wildman–Crippen MR) is 73.8 cm³/mol. The van der Waals surface area contributed by atoms with E-state index in [2.05, 4.69) is 39.9 Å². The molecular weight excluding hydrogens is 294 g/mol. The molecule has 0 aliphatic rings. The summed E-state index contributed by atoms with van der Waals surface area (Å²) < 4.78 is 6.23. The number of hydrogen-bond donors (Lipinski definition) is 1. The second kappa shape index (κ2) is 5.63. The van der Waals surface area contributed by atoms with E-state index in [1.807, 2.05) is 24.3 Å². The lowest BCUT2D eigenvalue weighted by molar-refractivity contribution is 0.312. The summed E-state index contributed by atoms with van der Waals surface area (Å²) in [6.07, 6.45) is 0.982. The first-order valence-corrected chi connectivity index (χ1v) is 6.76. The van der Waals surface area contributed by atoms with Gasteiger partial charge in [0.25, 0.3) is 0 Å². The van der Waals surface area contributed by atoms with Gasteiger partial charge in [0.1, 0.15) is 0 Å². The van der Waals surface area contributed by atoms with Gasteiger partial charge in [-0.2, -0.15) is 4.98 Å². The number of aromatic nitrogens is 2. The maximum Gasteiger partial charge on any atom is 0.244 e. The molecule has 0 bridgehead atoms. The number of nitrogens with two attached hydrogens (primary N) is 1. The van der Waals surface area contributed by atoms with Crippen LogP contribution in [-0.4, -0.2) is 10.1 Å². The van der Waals surface area contributed by atoms with Crippen molar-refractivity contribution in [2.24, 2.45) is 11.7 Å². The first-order chi connectivity index (χ1) is 8.61. The quantitative estimate of drug-likeness (QED) is 0.938. The summed E-state index contributed by atoms with van der Waals surface area (Å²) in [7, 11) is 0. The fourth-order valence-corrected chi connectivity index (χ4v) is 2.01. The van der Waals surface area contributed by atoms with Crippen molar-refractivity contribution < 1.29 is 4.52 Å². The average Bonchev–Trinajstić information content (AvgIpc) is 2.86. The molecule has 2 rings (SSSR count). The van der Waals surface area contributed by atoms with Gasteiger partial charge in [0.05, 0.1) is 6.04 Å². The average molecular weight is 310 g/mol. The summed E-state index contributed by atoms with van der Waals surface area (Å²) in [6, 6.07) is 7.57. The minimum Gasteiger partial charge on any atom is -0.337 e. The van der Waals surface area contributed by atoms with Gasteiger partial charge in [-0.25, -0.2) is 0 Å². The zero-order chi connectivity index (χ0) is 13.1. The fraction of sp³-hybridized carbons (Fsp3) is 0.385. The second-order valence-corrected chi connectivity index (χ2v) is 5.29. The SMILES string of the molecule is CC[C@H](C)[C@H](N)c1nc(-c2cccc(Br)c2)no1. The van der Waals surface area contributed by atoms with Crippen LogP contribution >= 0.6 is 15.9 Å². The highest BCUT2D eigenvalue weighted by Gasteiger charge is 2.20. The molecule has 1 heterocycles. The predicted octanol–water partition coefficient (Wildman–Crippen LogP) is 3.55. The van der Waals surface area contributed by atoms with Crippen LogP contribution in [0.4, 0.5) is 0 Å².